The van der Waals surface area contributed by atoms with Crippen molar-refractivity contribution in [3.63, 3.8) is 0 Å². The number of hydrogen-bond acceptors (Lipinski definition) is 5. The maximum Gasteiger partial charge on any atom is 0.418 e. The number of rotatable bonds is 4. The van der Waals surface area contributed by atoms with E-state index in [4.69, 9.17) is 0 Å². The minimum atomic E-state index is -4.53. The predicted octanol–water partition coefficient (Wildman–Crippen LogP) is 3.20. The first-order valence-electron chi connectivity index (χ1n) is 8.37. The van der Waals surface area contributed by atoms with E-state index < -0.39 is 11.7 Å². The van der Waals surface area contributed by atoms with E-state index in [0.29, 0.717) is 29.4 Å². The molecule has 136 valence electrons. The zero-order chi connectivity index (χ0) is 18.1. The number of fused-ring (bicyclic) bond motifs is 1. The third-order valence-electron chi connectivity index (χ3n) is 4.45. The van der Waals surface area contributed by atoms with Crippen LogP contribution in [-0.2, 0) is 6.18 Å². The molecule has 0 radical (unpaired) electrons. The predicted molar refractivity (Wildman–Crippen MR) is 91.6 cm³/mol. The number of hydrogen-bond donors (Lipinski definition) is 3. The minimum absolute atomic E-state index is 0.142. The van der Waals surface area contributed by atoms with E-state index in [-0.39, 0.29) is 11.4 Å². The molecule has 0 amide bonds. The van der Waals surface area contributed by atoms with Crippen LogP contribution in [0.4, 0.5) is 19.0 Å². The summed E-state index contributed by atoms with van der Waals surface area (Å²) in [6, 6.07) is 6.03. The lowest BCUT2D eigenvalue weighted by atomic mass is 10.1. The van der Waals surface area contributed by atoms with Gasteiger partial charge < -0.3 is 10.6 Å². The number of pyridine rings is 2. The Kier molecular flexibility index (Phi) is 4.23. The molecule has 3 aromatic heterocycles. The lowest BCUT2D eigenvalue weighted by molar-refractivity contribution is -0.137. The first kappa shape index (κ1) is 16.8. The number of H-pyrrole nitrogens is 1. The van der Waals surface area contributed by atoms with Crippen LogP contribution >= 0.6 is 0 Å². The van der Waals surface area contributed by atoms with Crippen molar-refractivity contribution in [3.8, 4) is 11.4 Å². The molecule has 1 aliphatic heterocycles. The molecule has 0 saturated carbocycles. The summed E-state index contributed by atoms with van der Waals surface area (Å²) >= 11 is 0. The quantitative estimate of drug-likeness (QED) is 0.664. The highest BCUT2D eigenvalue weighted by Crippen LogP contribution is 2.38. The van der Waals surface area contributed by atoms with Crippen LogP contribution in [0, 0.1) is 0 Å². The second kappa shape index (κ2) is 6.56. The smallest absolute Gasteiger partial charge is 0.368 e. The lowest BCUT2D eigenvalue weighted by Gasteiger charge is -2.15. The zero-order valence-electron chi connectivity index (χ0n) is 13.8. The van der Waals surface area contributed by atoms with Crippen molar-refractivity contribution in [1.29, 1.82) is 0 Å². The SMILES string of the molecule is FC(F)(F)c1ccc(NCC2CCCN2)nc1-c1n[nH]c2ncccc12. The maximum atomic E-state index is 13.5. The zero-order valence-corrected chi connectivity index (χ0v) is 13.8. The summed E-state index contributed by atoms with van der Waals surface area (Å²) in [6.45, 7) is 1.57. The number of nitrogens with one attached hydrogen (secondary N) is 3. The largest absolute Gasteiger partial charge is 0.418 e. The normalized spacial score (nSPS) is 17.7. The fourth-order valence-corrected chi connectivity index (χ4v) is 3.16. The molecule has 1 atom stereocenters. The molecule has 0 spiro atoms. The maximum absolute atomic E-state index is 13.5. The minimum Gasteiger partial charge on any atom is -0.368 e. The number of halogens is 3. The van der Waals surface area contributed by atoms with Crippen molar-refractivity contribution in [3.05, 3.63) is 36.0 Å². The van der Waals surface area contributed by atoms with Crippen LogP contribution in [-0.4, -0.2) is 39.3 Å². The molecule has 26 heavy (non-hydrogen) atoms. The van der Waals surface area contributed by atoms with Gasteiger partial charge in [0.25, 0.3) is 0 Å². The van der Waals surface area contributed by atoms with E-state index in [1.165, 1.54) is 6.07 Å². The van der Waals surface area contributed by atoms with Gasteiger partial charge in [-0.25, -0.2) is 9.97 Å². The second-order valence-corrected chi connectivity index (χ2v) is 6.24. The fourth-order valence-electron chi connectivity index (χ4n) is 3.16. The average Bonchev–Trinajstić information content (AvgIpc) is 3.28. The summed E-state index contributed by atoms with van der Waals surface area (Å²) in [5.41, 5.74) is -0.463. The van der Waals surface area contributed by atoms with Gasteiger partial charge in [-0.1, -0.05) is 0 Å². The van der Waals surface area contributed by atoms with E-state index in [1.54, 1.807) is 18.3 Å². The third kappa shape index (κ3) is 3.22. The van der Waals surface area contributed by atoms with E-state index >= 15 is 0 Å². The topological polar surface area (TPSA) is 78.5 Å². The van der Waals surface area contributed by atoms with Gasteiger partial charge in [0.1, 0.15) is 17.2 Å². The number of anilines is 1. The third-order valence-corrected chi connectivity index (χ3v) is 4.45. The van der Waals surface area contributed by atoms with E-state index in [2.05, 4.69) is 30.8 Å². The van der Waals surface area contributed by atoms with Gasteiger partial charge in [0.2, 0.25) is 0 Å². The molecule has 3 N–H and O–H groups in total. The Hall–Kier alpha value is -2.68. The number of aromatic amines is 1. The lowest BCUT2D eigenvalue weighted by Crippen LogP contribution is -2.29. The van der Waals surface area contributed by atoms with Gasteiger partial charge in [-0.3, -0.25) is 5.10 Å². The molecular weight excluding hydrogens is 345 g/mol. The van der Waals surface area contributed by atoms with Crippen molar-refractivity contribution in [2.24, 2.45) is 0 Å². The number of nitrogens with zero attached hydrogens (tertiary/aromatic N) is 3. The van der Waals surface area contributed by atoms with Gasteiger partial charge in [-0.2, -0.15) is 18.3 Å². The first-order chi connectivity index (χ1) is 12.5. The summed E-state index contributed by atoms with van der Waals surface area (Å²) in [6.07, 6.45) is -0.837. The van der Waals surface area contributed by atoms with Gasteiger partial charge in [0.15, 0.2) is 5.65 Å². The molecule has 4 rings (SSSR count). The Balaban J connectivity index is 1.73. The second-order valence-electron chi connectivity index (χ2n) is 6.24. The van der Waals surface area contributed by atoms with Crippen LogP contribution in [0.15, 0.2) is 30.5 Å². The highest BCUT2D eigenvalue weighted by Gasteiger charge is 2.36. The van der Waals surface area contributed by atoms with Crippen LogP contribution in [0.3, 0.4) is 0 Å². The van der Waals surface area contributed by atoms with Crippen LogP contribution in [0.5, 0.6) is 0 Å². The Morgan fingerprint density at radius 1 is 1.19 bits per heavy atom. The van der Waals surface area contributed by atoms with Gasteiger partial charge in [-0.05, 0) is 43.7 Å². The van der Waals surface area contributed by atoms with Crippen LogP contribution in [0.2, 0.25) is 0 Å². The fraction of sp³-hybridized carbons (Fsp3) is 0.353. The van der Waals surface area contributed by atoms with E-state index in [0.717, 1.165) is 25.5 Å². The molecule has 6 nitrogen and oxygen atoms in total. The Morgan fingerprint density at radius 2 is 2.08 bits per heavy atom. The van der Waals surface area contributed by atoms with Crippen LogP contribution in [0.25, 0.3) is 22.4 Å². The van der Waals surface area contributed by atoms with Crippen LogP contribution in [0.1, 0.15) is 18.4 Å². The van der Waals surface area contributed by atoms with Gasteiger partial charge in [-0.15, -0.1) is 0 Å². The van der Waals surface area contributed by atoms with E-state index in [1.807, 2.05) is 0 Å². The molecule has 1 fully saturated rings. The molecule has 1 unspecified atom stereocenters. The number of aromatic nitrogens is 4. The monoisotopic (exact) mass is 362 g/mol. The summed E-state index contributed by atoms with van der Waals surface area (Å²) < 4.78 is 40.4. The molecule has 3 aromatic rings. The van der Waals surface area contributed by atoms with Crippen molar-refractivity contribution in [2.45, 2.75) is 25.1 Å². The summed E-state index contributed by atoms with van der Waals surface area (Å²) in [7, 11) is 0. The molecule has 1 saturated heterocycles. The van der Waals surface area contributed by atoms with Gasteiger partial charge in [0.05, 0.1) is 5.56 Å². The molecular formula is C17H17F3N6. The highest BCUT2D eigenvalue weighted by molar-refractivity contribution is 5.90. The van der Waals surface area contributed by atoms with Gasteiger partial charge in [0, 0.05) is 24.2 Å². The summed E-state index contributed by atoms with van der Waals surface area (Å²) in [5.74, 6) is 0.391. The number of alkyl halides is 3. The molecule has 0 aliphatic carbocycles. The molecule has 9 heteroatoms. The van der Waals surface area contributed by atoms with Crippen LogP contribution < -0.4 is 10.6 Å². The Labute approximate surface area is 147 Å². The Morgan fingerprint density at radius 3 is 2.85 bits per heavy atom. The van der Waals surface area contributed by atoms with E-state index in [9.17, 15) is 13.2 Å². The van der Waals surface area contributed by atoms with Gasteiger partial charge >= 0.3 is 6.18 Å². The highest BCUT2D eigenvalue weighted by atomic mass is 19.4. The molecule has 4 heterocycles. The average molecular weight is 362 g/mol. The van der Waals surface area contributed by atoms with Crippen molar-refractivity contribution < 1.29 is 13.2 Å². The van der Waals surface area contributed by atoms with Crippen molar-refractivity contribution >= 4 is 16.9 Å². The van der Waals surface area contributed by atoms with Crippen molar-refractivity contribution in [1.82, 2.24) is 25.5 Å². The Bertz CT molecular complexity index is 914. The summed E-state index contributed by atoms with van der Waals surface area (Å²) in [4.78, 5) is 8.30. The first-order valence-corrected chi connectivity index (χ1v) is 8.37. The summed E-state index contributed by atoms with van der Waals surface area (Å²) in [5, 5.41) is 13.6. The van der Waals surface area contributed by atoms with Crippen molar-refractivity contribution in [2.75, 3.05) is 18.4 Å². The molecule has 0 aromatic carbocycles. The molecule has 0 bridgehead atoms. The standard InChI is InChI=1S/C17H17F3N6/c18-17(19,20)12-5-6-13(23-9-10-3-1-7-21-10)24-15(12)14-11-4-2-8-22-16(11)26-25-14/h2,4-6,8,10,21H,1,3,7,9H2,(H,23,24)(H,22,25,26). The molecule has 1 aliphatic rings.